The third kappa shape index (κ3) is 0.767. The SMILES string of the molecule is [3H][C@H]1C[C@@]2(OC)C[C@@H]3C[C@]3(OC)C2O1. The number of hydrogen-bond acceptors (Lipinski definition) is 3. The van der Waals surface area contributed by atoms with Gasteiger partial charge in [-0.2, -0.15) is 0 Å². The zero-order chi connectivity index (χ0) is 9.97. The van der Waals surface area contributed by atoms with Crippen LogP contribution >= 0.6 is 0 Å². The van der Waals surface area contributed by atoms with E-state index in [1.54, 1.807) is 14.2 Å². The van der Waals surface area contributed by atoms with Crippen LogP contribution in [0.3, 0.4) is 0 Å². The van der Waals surface area contributed by atoms with Crippen LogP contribution < -0.4 is 0 Å². The molecule has 13 heavy (non-hydrogen) atoms. The van der Waals surface area contributed by atoms with Crippen molar-refractivity contribution in [2.75, 3.05) is 20.8 Å². The van der Waals surface area contributed by atoms with E-state index in [1.165, 1.54) is 0 Å². The molecule has 0 N–H and O–H groups in total. The lowest BCUT2D eigenvalue weighted by molar-refractivity contribution is -0.112. The standard InChI is InChI=1S/C10H16O3/c1-11-9-3-4-13-8(9)10(12-2)6-7(10)5-9/h7-8H,3-6H2,1-2H3/t7-,8?,9-,10-/m1/s1/i4T/t4-,7+,8?,9+,10+/m0. The van der Waals surface area contributed by atoms with Crippen molar-refractivity contribution in [2.24, 2.45) is 5.92 Å². The molecule has 2 saturated carbocycles. The maximum Gasteiger partial charge on any atom is 0.116 e. The molecule has 1 heterocycles. The highest BCUT2D eigenvalue weighted by atomic mass is 16.6. The van der Waals surface area contributed by atoms with Crippen LogP contribution in [0.2, 0.25) is 0 Å². The van der Waals surface area contributed by atoms with Gasteiger partial charge >= 0.3 is 0 Å². The van der Waals surface area contributed by atoms with E-state index in [9.17, 15) is 0 Å². The van der Waals surface area contributed by atoms with E-state index in [0.29, 0.717) is 12.3 Å². The van der Waals surface area contributed by atoms with Gasteiger partial charge in [0.1, 0.15) is 11.7 Å². The zero-order valence-corrected chi connectivity index (χ0v) is 8.08. The van der Waals surface area contributed by atoms with Gasteiger partial charge in [0.05, 0.1) is 13.6 Å². The molecule has 0 aromatic carbocycles. The van der Waals surface area contributed by atoms with Crippen molar-refractivity contribution in [3.8, 4) is 0 Å². The van der Waals surface area contributed by atoms with E-state index in [4.69, 9.17) is 15.6 Å². The van der Waals surface area contributed by atoms with Crippen LogP contribution in [-0.2, 0) is 14.2 Å². The Kier molecular flexibility index (Phi) is 1.26. The lowest BCUT2D eigenvalue weighted by atomic mass is 9.93. The second kappa shape index (κ2) is 2.27. The summed E-state index contributed by atoms with van der Waals surface area (Å²) in [7, 11) is 3.47. The zero-order valence-electron chi connectivity index (χ0n) is 9.08. The Morgan fingerprint density at radius 3 is 2.92 bits per heavy atom. The molecule has 0 aromatic heterocycles. The van der Waals surface area contributed by atoms with Gasteiger partial charge in [-0.25, -0.2) is 0 Å². The van der Waals surface area contributed by atoms with Crippen LogP contribution in [0.5, 0.6) is 0 Å². The van der Waals surface area contributed by atoms with Gasteiger partial charge in [0, 0.05) is 20.6 Å². The highest BCUT2D eigenvalue weighted by Crippen LogP contribution is 2.65. The fourth-order valence-corrected chi connectivity index (χ4v) is 3.21. The normalized spacial score (nSPS) is 64.5. The third-order valence-electron chi connectivity index (χ3n) is 4.06. The Morgan fingerprint density at radius 2 is 2.23 bits per heavy atom. The average molecular weight is 186 g/mol. The molecule has 1 saturated heterocycles. The predicted octanol–water partition coefficient (Wildman–Crippen LogP) is 0.969. The Labute approximate surface area is 79.8 Å². The van der Waals surface area contributed by atoms with Gasteiger partial charge in [-0.15, -0.1) is 0 Å². The van der Waals surface area contributed by atoms with Crippen molar-refractivity contribution >= 4 is 0 Å². The van der Waals surface area contributed by atoms with Gasteiger partial charge in [-0.3, -0.25) is 0 Å². The maximum atomic E-state index is 7.67. The fraction of sp³-hybridized carbons (Fsp3) is 1.00. The van der Waals surface area contributed by atoms with Crippen molar-refractivity contribution in [3.63, 3.8) is 0 Å². The first-order valence-electron chi connectivity index (χ1n) is 5.42. The van der Waals surface area contributed by atoms with Crippen LogP contribution in [0.1, 0.15) is 20.6 Å². The molecule has 3 heteroatoms. The Balaban J connectivity index is 1.93. The van der Waals surface area contributed by atoms with Crippen LogP contribution in [0.15, 0.2) is 0 Å². The van der Waals surface area contributed by atoms with Crippen molar-refractivity contribution in [1.29, 1.82) is 0 Å². The molecule has 0 aromatic rings. The molecule has 3 nitrogen and oxygen atoms in total. The van der Waals surface area contributed by atoms with Crippen LogP contribution in [0.25, 0.3) is 0 Å². The summed E-state index contributed by atoms with van der Waals surface area (Å²) in [5.41, 5.74) is -0.350. The first kappa shape index (κ1) is 7.21. The summed E-state index contributed by atoms with van der Waals surface area (Å²) in [6.07, 6.45) is 2.75. The smallest absolute Gasteiger partial charge is 0.116 e. The molecule has 3 aliphatic rings. The molecule has 0 spiro atoms. The molecule has 3 fully saturated rings. The summed E-state index contributed by atoms with van der Waals surface area (Å²) < 4.78 is 24.5. The molecule has 0 bridgehead atoms. The van der Waals surface area contributed by atoms with Crippen molar-refractivity contribution in [3.05, 3.63) is 0 Å². The van der Waals surface area contributed by atoms with Crippen LogP contribution in [-0.4, -0.2) is 38.1 Å². The minimum atomic E-state index is -0.437. The molecule has 0 radical (unpaired) electrons. The fourth-order valence-electron chi connectivity index (χ4n) is 3.21. The number of hydrogen-bond donors (Lipinski definition) is 0. The van der Waals surface area contributed by atoms with E-state index in [1.807, 2.05) is 0 Å². The predicted molar refractivity (Wildman–Crippen MR) is 46.6 cm³/mol. The molecule has 1 aliphatic heterocycles. The highest BCUT2D eigenvalue weighted by Gasteiger charge is 2.75. The average Bonchev–Trinajstić information content (AvgIpc) is 2.66. The topological polar surface area (TPSA) is 27.7 Å². The van der Waals surface area contributed by atoms with Crippen molar-refractivity contribution < 1.29 is 15.6 Å². The van der Waals surface area contributed by atoms with Gasteiger partial charge in [0.2, 0.25) is 0 Å². The van der Waals surface area contributed by atoms with Gasteiger partial charge in [0.15, 0.2) is 0 Å². The molecule has 3 rings (SSSR count). The molecule has 5 atom stereocenters. The summed E-state index contributed by atoms with van der Waals surface area (Å²) in [4.78, 5) is 0. The van der Waals surface area contributed by atoms with E-state index in [2.05, 4.69) is 0 Å². The first-order valence-corrected chi connectivity index (χ1v) is 4.85. The van der Waals surface area contributed by atoms with Crippen LogP contribution in [0, 0.1) is 5.92 Å². The van der Waals surface area contributed by atoms with Gasteiger partial charge in [0.25, 0.3) is 0 Å². The lowest BCUT2D eigenvalue weighted by Gasteiger charge is -2.31. The number of rotatable bonds is 2. The van der Waals surface area contributed by atoms with Crippen molar-refractivity contribution in [2.45, 2.75) is 36.6 Å². The minimum absolute atomic E-state index is 0.0162. The molecule has 74 valence electrons. The monoisotopic (exact) mass is 186 g/mol. The van der Waals surface area contributed by atoms with E-state index in [0.717, 1.165) is 12.8 Å². The third-order valence-corrected chi connectivity index (χ3v) is 4.06. The van der Waals surface area contributed by atoms with E-state index >= 15 is 0 Å². The summed E-state index contributed by atoms with van der Waals surface area (Å²) in [6, 6.07) is 0. The minimum Gasteiger partial charge on any atom is -0.375 e. The molecule has 2 aliphatic carbocycles. The van der Waals surface area contributed by atoms with Gasteiger partial charge in [-0.05, 0) is 18.8 Å². The maximum absolute atomic E-state index is 7.67. The molecule has 1 unspecified atom stereocenters. The Hall–Kier alpha value is -0.120. The van der Waals surface area contributed by atoms with Crippen molar-refractivity contribution in [1.82, 2.24) is 0 Å². The lowest BCUT2D eigenvalue weighted by Crippen LogP contribution is -2.44. The summed E-state index contributed by atoms with van der Waals surface area (Å²) >= 11 is 0. The van der Waals surface area contributed by atoms with Gasteiger partial charge < -0.3 is 14.2 Å². The largest absolute Gasteiger partial charge is 0.375 e. The number of fused-ring (bicyclic) bond motifs is 3. The second-order valence-corrected chi connectivity index (χ2v) is 4.42. The van der Waals surface area contributed by atoms with Gasteiger partial charge in [-0.1, -0.05) is 0 Å². The summed E-state index contributed by atoms with van der Waals surface area (Å²) in [5.74, 6) is 0.588. The molecular formula is C10H16O3. The number of ether oxygens (including phenoxy) is 3. The van der Waals surface area contributed by atoms with E-state index in [-0.39, 0.29) is 17.3 Å². The highest BCUT2D eigenvalue weighted by molar-refractivity contribution is 5.25. The van der Waals surface area contributed by atoms with Crippen LogP contribution in [0.4, 0.5) is 0 Å². The Morgan fingerprint density at radius 1 is 1.38 bits per heavy atom. The van der Waals surface area contributed by atoms with E-state index < -0.39 is 6.58 Å². The summed E-state index contributed by atoms with van der Waals surface area (Å²) in [5, 5.41) is 0. The number of methoxy groups -OCH3 is 2. The second-order valence-electron chi connectivity index (χ2n) is 4.42. The summed E-state index contributed by atoms with van der Waals surface area (Å²) in [6.45, 7) is -0.437. The molecular weight excluding hydrogens is 168 g/mol. The quantitative estimate of drug-likeness (QED) is 0.643. The first-order chi connectivity index (χ1) is 6.67. The molecule has 0 amide bonds. The Bertz CT molecular complexity index is 268.